The van der Waals surface area contributed by atoms with Gasteiger partial charge in [-0.05, 0) is 66.9 Å². The van der Waals surface area contributed by atoms with E-state index in [0.29, 0.717) is 0 Å². The van der Waals surface area contributed by atoms with Crippen molar-refractivity contribution in [2.24, 2.45) is 0 Å². The summed E-state index contributed by atoms with van der Waals surface area (Å²) in [5, 5.41) is 10.2. The van der Waals surface area contributed by atoms with Gasteiger partial charge in [0.1, 0.15) is 23.2 Å². The van der Waals surface area contributed by atoms with Gasteiger partial charge in [0.15, 0.2) is 0 Å². The molecule has 154 valence electrons. The second kappa shape index (κ2) is 8.67. The number of para-hydroxylation sites is 1. The fraction of sp³-hybridized carbons (Fsp3) is 0.222. The summed E-state index contributed by atoms with van der Waals surface area (Å²) in [7, 11) is 0. The van der Waals surface area contributed by atoms with Crippen molar-refractivity contribution in [2.45, 2.75) is 25.5 Å². The van der Waals surface area contributed by atoms with Crippen molar-refractivity contribution in [1.82, 2.24) is 4.90 Å². The van der Waals surface area contributed by atoms with Crippen molar-refractivity contribution >= 4 is 11.0 Å². The molecule has 0 atom stereocenters. The van der Waals surface area contributed by atoms with Crippen molar-refractivity contribution in [3.05, 3.63) is 90.0 Å². The summed E-state index contributed by atoms with van der Waals surface area (Å²) >= 11 is 0. The third-order valence-electron chi connectivity index (χ3n) is 5.86. The molecule has 0 aliphatic carbocycles. The van der Waals surface area contributed by atoms with Crippen LogP contribution in [0.5, 0.6) is 5.75 Å². The molecule has 2 heterocycles. The molecular weight excluding hydrogens is 384 g/mol. The molecule has 0 N–H and O–H groups in total. The van der Waals surface area contributed by atoms with Crippen LogP contribution < -0.4 is 4.74 Å². The van der Waals surface area contributed by atoms with Gasteiger partial charge in [0.2, 0.25) is 0 Å². The minimum Gasteiger partial charge on any atom is -0.490 e. The first-order valence-corrected chi connectivity index (χ1v) is 10.7. The number of benzene rings is 3. The first kappa shape index (κ1) is 19.4. The van der Waals surface area contributed by atoms with Gasteiger partial charge in [-0.3, -0.25) is 4.90 Å². The first-order chi connectivity index (χ1) is 15.3. The molecule has 0 spiro atoms. The molecule has 4 aromatic rings. The molecule has 31 heavy (non-hydrogen) atoms. The number of hydrogen-bond donors (Lipinski definition) is 0. The summed E-state index contributed by atoms with van der Waals surface area (Å²) in [6.07, 6.45) is 2.24. The number of nitriles is 1. The second-order valence-electron chi connectivity index (χ2n) is 8.08. The lowest BCUT2D eigenvalue weighted by Gasteiger charge is -2.32. The summed E-state index contributed by atoms with van der Waals surface area (Å²) in [5.74, 6) is 1.78. The minimum absolute atomic E-state index is 0.235. The molecule has 1 fully saturated rings. The van der Waals surface area contributed by atoms with Crippen molar-refractivity contribution in [3.63, 3.8) is 0 Å². The Kier molecular flexibility index (Phi) is 5.43. The van der Waals surface area contributed by atoms with E-state index in [4.69, 9.17) is 14.4 Å². The Bertz CT molecular complexity index is 1180. The molecule has 0 bridgehead atoms. The van der Waals surface area contributed by atoms with Gasteiger partial charge in [-0.25, -0.2) is 0 Å². The predicted molar refractivity (Wildman–Crippen MR) is 122 cm³/mol. The summed E-state index contributed by atoms with van der Waals surface area (Å²) in [6, 6.07) is 28.4. The molecule has 5 rings (SSSR count). The Balaban J connectivity index is 1.16. The first-order valence-electron chi connectivity index (χ1n) is 10.7. The van der Waals surface area contributed by atoms with E-state index in [2.05, 4.69) is 41.3 Å². The number of furan rings is 1. The van der Waals surface area contributed by atoms with Crippen LogP contribution in [0.25, 0.3) is 22.3 Å². The van der Waals surface area contributed by atoms with Gasteiger partial charge in [-0.1, -0.05) is 30.3 Å². The van der Waals surface area contributed by atoms with Crippen LogP contribution in [-0.4, -0.2) is 24.1 Å². The molecule has 0 unspecified atom stereocenters. The SMILES string of the molecule is N#Cc1cccc(CN2CCC(Oc3ccc(-c4cc5ccccc5o4)cc3)CC2)c1. The van der Waals surface area contributed by atoms with Gasteiger partial charge in [-0.2, -0.15) is 5.26 Å². The third-order valence-corrected chi connectivity index (χ3v) is 5.86. The molecule has 1 saturated heterocycles. The zero-order valence-electron chi connectivity index (χ0n) is 17.3. The van der Waals surface area contributed by atoms with Crippen molar-refractivity contribution in [3.8, 4) is 23.1 Å². The third kappa shape index (κ3) is 4.47. The molecule has 4 nitrogen and oxygen atoms in total. The maximum Gasteiger partial charge on any atom is 0.135 e. The summed E-state index contributed by atoms with van der Waals surface area (Å²) in [4.78, 5) is 2.43. The van der Waals surface area contributed by atoms with E-state index in [0.717, 1.165) is 66.1 Å². The van der Waals surface area contributed by atoms with Crippen LogP contribution in [0.4, 0.5) is 0 Å². The number of rotatable bonds is 5. The normalized spacial score (nSPS) is 15.1. The molecule has 1 aliphatic rings. The number of piperidine rings is 1. The predicted octanol–water partition coefficient (Wildman–Crippen LogP) is 6.01. The number of ether oxygens (including phenoxy) is 1. The molecule has 0 radical (unpaired) electrons. The maximum atomic E-state index is 9.07. The van der Waals surface area contributed by atoms with E-state index >= 15 is 0 Å². The monoisotopic (exact) mass is 408 g/mol. The minimum atomic E-state index is 0.235. The standard InChI is InChI=1S/C27H24N2O2/c28-18-20-4-3-5-21(16-20)19-29-14-12-25(13-15-29)30-24-10-8-22(9-11-24)27-17-23-6-1-2-7-26(23)31-27/h1-11,16-17,25H,12-15,19H2. The Hall–Kier alpha value is -3.55. The Morgan fingerprint density at radius 3 is 2.52 bits per heavy atom. The quantitative estimate of drug-likeness (QED) is 0.405. The number of nitrogens with zero attached hydrogens (tertiary/aromatic N) is 2. The smallest absolute Gasteiger partial charge is 0.135 e. The molecule has 1 aromatic heterocycles. The topological polar surface area (TPSA) is 49.4 Å². The Morgan fingerprint density at radius 1 is 0.935 bits per heavy atom. The van der Waals surface area contributed by atoms with Crippen molar-refractivity contribution in [1.29, 1.82) is 5.26 Å². The highest BCUT2D eigenvalue weighted by Gasteiger charge is 2.20. The van der Waals surface area contributed by atoms with E-state index in [1.165, 1.54) is 5.56 Å². The van der Waals surface area contributed by atoms with Crippen molar-refractivity contribution in [2.75, 3.05) is 13.1 Å². The molecule has 3 aromatic carbocycles. The van der Waals surface area contributed by atoms with E-state index in [1.54, 1.807) is 0 Å². The van der Waals surface area contributed by atoms with Crippen LogP contribution in [0.1, 0.15) is 24.0 Å². The summed E-state index contributed by atoms with van der Waals surface area (Å²) in [6.45, 7) is 2.88. The van der Waals surface area contributed by atoms with Gasteiger partial charge in [0, 0.05) is 30.6 Å². The maximum absolute atomic E-state index is 9.07. The van der Waals surface area contributed by atoms with Gasteiger partial charge in [0.05, 0.1) is 11.6 Å². The Morgan fingerprint density at radius 2 is 1.74 bits per heavy atom. The fourth-order valence-electron chi connectivity index (χ4n) is 4.20. The molecule has 0 amide bonds. The summed E-state index contributed by atoms with van der Waals surface area (Å²) < 4.78 is 12.2. The summed E-state index contributed by atoms with van der Waals surface area (Å²) in [5.41, 5.74) is 3.88. The van der Waals surface area contributed by atoms with Crippen LogP contribution in [0.2, 0.25) is 0 Å². The van der Waals surface area contributed by atoms with E-state index in [9.17, 15) is 0 Å². The highest BCUT2D eigenvalue weighted by molar-refractivity contribution is 5.82. The van der Waals surface area contributed by atoms with Crippen molar-refractivity contribution < 1.29 is 9.15 Å². The average molecular weight is 409 g/mol. The number of hydrogen-bond acceptors (Lipinski definition) is 4. The van der Waals surface area contributed by atoms with Crippen LogP contribution in [0.3, 0.4) is 0 Å². The second-order valence-corrected chi connectivity index (χ2v) is 8.08. The number of fused-ring (bicyclic) bond motifs is 1. The highest BCUT2D eigenvalue weighted by atomic mass is 16.5. The zero-order chi connectivity index (χ0) is 21.0. The van der Waals surface area contributed by atoms with Crippen LogP contribution >= 0.6 is 0 Å². The zero-order valence-corrected chi connectivity index (χ0v) is 17.3. The molecule has 4 heteroatoms. The van der Waals surface area contributed by atoms with E-state index < -0.39 is 0 Å². The molecular formula is C27H24N2O2. The largest absolute Gasteiger partial charge is 0.490 e. The fourth-order valence-corrected chi connectivity index (χ4v) is 4.20. The van der Waals surface area contributed by atoms with E-state index in [-0.39, 0.29) is 6.10 Å². The lowest BCUT2D eigenvalue weighted by molar-refractivity contribution is 0.0968. The number of likely N-dealkylation sites (tertiary alicyclic amines) is 1. The molecule has 0 saturated carbocycles. The van der Waals surface area contributed by atoms with Gasteiger partial charge in [0.25, 0.3) is 0 Å². The lowest BCUT2D eigenvalue weighted by Crippen LogP contribution is -2.37. The van der Waals surface area contributed by atoms with Gasteiger partial charge < -0.3 is 9.15 Å². The van der Waals surface area contributed by atoms with Crippen LogP contribution in [0, 0.1) is 11.3 Å². The Labute approximate surface area is 182 Å². The van der Waals surface area contributed by atoms with Gasteiger partial charge >= 0.3 is 0 Å². The van der Waals surface area contributed by atoms with Crippen LogP contribution in [0.15, 0.2) is 83.3 Å². The highest BCUT2D eigenvalue weighted by Crippen LogP contribution is 2.29. The van der Waals surface area contributed by atoms with E-state index in [1.807, 2.05) is 48.5 Å². The van der Waals surface area contributed by atoms with Gasteiger partial charge in [-0.15, -0.1) is 0 Å². The molecule has 1 aliphatic heterocycles. The average Bonchev–Trinajstić information content (AvgIpc) is 3.25. The lowest BCUT2D eigenvalue weighted by atomic mass is 10.1. The van der Waals surface area contributed by atoms with Crippen LogP contribution in [-0.2, 0) is 6.54 Å².